The molecule has 0 amide bonds. The molecule has 3 N–H and O–H groups in total. The normalized spacial score (nSPS) is 14.6. The maximum atomic E-state index is 12.1. The van der Waals surface area contributed by atoms with E-state index in [1.165, 1.54) is 12.1 Å². The molecule has 0 saturated carbocycles. The van der Waals surface area contributed by atoms with E-state index in [1.54, 1.807) is 19.9 Å². The summed E-state index contributed by atoms with van der Waals surface area (Å²) in [6.07, 6.45) is 0. The zero-order chi connectivity index (χ0) is 14.1. The van der Waals surface area contributed by atoms with Crippen molar-refractivity contribution in [3.8, 4) is 11.5 Å². The first-order valence-corrected chi connectivity index (χ1v) is 7.44. The highest BCUT2D eigenvalue weighted by Gasteiger charge is 2.21. The van der Waals surface area contributed by atoms with Crippen LogP contribution in [0.2, 0.25) is 0 Å². The quantitative estimate of drug-likeness (QED) is 0.859. The third kappa shape index (κ3) is 4.24. The van der Waals surface area contributed by atoms with Gasteiger partial charge >= 0.3 is 0 Å². The Hall–Kier alpha value is -1.02. The number of ether oxygens (including phenoxy) is 2. The van der Waals surface area contributed by atoms with Crippen molar-refractivity contribution in [1.82, 2.24) is 4.72 Å². The van der Waals surface area contributed by atoms with Crippen LogP contribution in [0.1, 0.15) is 13.8 Å². The molecule has 1 aromatic rings. The summed E-state index contributed by atoms with van der Waals surface area (Å²) < 4.78 is 37.4. The minimum absolute atomic E-state index is 0. The number of hydrogen-bond donors (Lipinski definition) is 2. The van der Waals surface area contributed by atoms with Gasteiger partial charge in [-0.05, 0) is 26.0 Å². The fourth-order valence-corrected chi connectivity index (χ4v) is 2.79. The molecule has 2 rings (SSSR count). The summed E-state index contributed by atoms with van der Waals surface area (Å²) in [7, 11) is -3.59. The van der Waals surface area contributed by atoms with Crippen molar-refractivity contribution in [2.24, 2.45) is 5.73 Å². The van der Waals surface area contributed by atoms with Gasteiger partial charge in [0.15, 0.2) is 11.5 Å². The summed E-state index contributed by atoms with van der Waals surface area (Å²) in [5, 5.41) is 0. The van der Waals surface area contributed by atoms with Crippen LogP contribution in [0.15, 0.2) is 23.1 Å². The van der Waals surface area contributed by atoms with E-state index in [0.717, 1.165) is 0 Å². The van der Waals surface area contributed by atoms with Crippen molar-refractivity contribution < 1.29 is 17.9 Å². The summed E-state index contributed by atoms with van der Waals surface area (Å²) >= 11 is 0. The zero-order valence-electron chi connectivity index (χ0n) is 11.4. The maximum absolute atomic E-state index is 12.1. The van der Waals surface area contributed by atoms with Crippen LogP contribution in [0, 0.1) is 0 Å². The lowest BCUT2D eigenvalue weighted by atomic mass is 10.1. The van der Waals surface area contributed by atoms with Gasteiger partial charge < -0.3 is 15.2 Å². The molecule has 0 unspecified atom stereocenters. The van der Waals surface area contributed by atoms with Crippen LogP contribution in [-0.2, 0) is 10.0 Å². The van der Waals surface area contributed by atoms with Gasteiger partial charge in [-0.15, -0.1) is 12.4 Å². The van der Waals surface area contributed by atoms with Crippen LogP contribution in [0.4, 0.5) is 0 Å². The highest BCUT2D eigenvalue weighted by Crippen LogP contribution is 2.32. The lowest BCUT2D eigenvalue weighted by Gasteiger charge is -2.21. The fraction of sp³-hybridized carbons (Fsp3) is 0.500. The van der Waals surface area contributed by atoms with Crippen LogP contribution in [0.5, 0.6) is 11.5 Å². The molecule has 114 valence electrons. The van der Waals surface area contributed by atoms with Crippen LogP contribution < -0.4 is 19.9 Å². The molecule has 1 aliphatic rings. The molecule has 0 spiro atoms. The molecule has 0 fully saturated rings. The minimum atomic E-state index is -3.59. The Kier molecular flexibility index (Phi) is 5.26. The van der Waals surface area contributed by atoms with E-state index in [4.69, 9.17) is 15.2 Å². The van der Waals surface area contributed by atoms with E-state index >= 15 is 0 Å². The van der Waals surface area contributed by atoms with Gasteiger partial charge in [0.25, 0.3) is 0 Å². The van der Waals surface area contributed by atoms with E-state index in [9.17, 15) is 8.42 Å². The molecule has 0 radical (unpaired) electrons. The molecule has 0 atom stereocenters. The minimum Gasteiger partial charge on any atom is -0.486 e. The average molecular weight is 323 g/mol. The maximum Gasteiger partial charge on any atom is 0.240 e. The van der Waals surface area contributed by atoms with Crippen molar-refractivity contribution in [1.29, 1.82) is 0 Å². The number of fused-ring (bicyclic) bond motifs is 1. The van der Waals surface area contributed by atoms with Crippen molar-refractivity contribution >= 4 is 22.4 Å². The van der Waals surface area contributed by atoms with E-state index in [1.807, 2.05) is 0 Å². The Morgan fingerprint density at radius 2 is 1.85 bits per heavy atom. The Labute approximate surface area is 125 Å². The Balaban J connectivity index is 0.00000200. The Morgan fingerprint density at radius 1 is 1.25 bits per heavy atom. The van der Waals surface area contributed by atoms with Gasteiger partial charge in [0.1, 0.15) is 13.2 Å². The van der Waals surface area contributed by atoms with Crippen LogP contribution >= 0.6 is 12.4 Å². The highest BCUT2D eigenvalue weighted by molar-refractivity contribution is 7.89. The molecular weight excluding hydrogens is 304 g/mol. The molecule has 6 nitrogen and oxygen atoms in total. The molecule has 1 aliphatic heterocycles. The first kappa shape index (κ1) is 17.0. The fourth-order valence-electron chi connectivity index (χ4n) is 1.56. The average Bonchev–Trinajstić information content (AvgIpc) is 2.35. The molecular formula is C12H19ClN2O4S. The number of nitrogens with one attached hydrogen (secondary N) is 1. The van der Waals surface area contributed by atoms with E-state index in [2.05, 4.69) is 4.72 Å². The largest absolute Gasteiger partial charge is 0.486 e. The number of nitrogens with two attached hydrogens (primary N) is 1. The molecule has 1 heterocycles. The topological polar surface area (TPSA) is 90.7 Å². The number of rotatable bonds is 4. The monoisotopic (exact) mass is 322 g/mol. The van der Waals surface area contributed by atoms with Gasteiger partial charge in [0.2, 0.25) is 10.0 Å². The van der Waals surface area contributed by atoms with E-state index in [0.29, 0.717) is 24.7 Å². The molecule has 1 aromatic carbocycles. The molecule has 0 aliphatic carbocycles. The summed E-state index contributed by atoms with van der Waals surface area (Å²) in [4.78, 5) is 0.140. The van der Waals surface area contributed by atoms with Crippen molar-refractivity contribution in [3.05, 3.63) is 18.2 Å². The van der Waals surface area contributed by atoms with Crippen molar-refractivity contribution in [3.63, 3.8) is 0 Å². The summed E-state index contributed by atoms with van der Waals surface area (Å²) in [6.45, 7) is 4.54. The number of hydrogen-bond acceptors (Lipinski definition) is 5. The van der Waals surface area contributed by atoms with Gasteiger partial charge in [0, 0.05) is 18.2 Å². The number of sulfonamides is 1. The summed E-state index contributed by atoms with van der Waals surface area (Å²) in [5.41, 5.74) is 5.15. The number of halogens is 1. The van der Waals surface area contributed by atoms with Gasteiger partial charge in [-0.2, -0.15) is 0 Å². The second-order valence-corrected chi connectivity index (χ2v) is 6.89. The van der Waals surface area contributed by atoms with E-state index < -0.39 is 15.6 Å². The second-order valence-electron chi connectivity index (χ2n) is 5.12. The summed E-state index contributed by atoms with van der Waals surface area (Å²) in [5.74, 6) is 1.01. The van der Waals surface area contributed by atoms with Crippen molar-refractivity contribution in [2.45, 2.75) is 24.3 Å². The van der Waals surface area contributed by atoms with E-state index in [-0.39, 0.29) is 23.8 Å². The second kappa shape index (κ2) is 6.17. The number of benzene rings is 1. The lowest BCUT2D eigenvalue weighted by molar-refractivity contribution is 0.171. The van der Waals surface area contributed by atoms with Crippen LogP contribution in [-0.4, -0.2) is 33.7 Å². The zero-order valence-corrected chi connectivity index (χ0v) is 13.0. The smallest absolute Gasteiger partial charge is 0.240 e. The van der Waals surface area contributed by atoms with Gasteiger partial charge in [-0.3, -0.25) is 0 Å². The highest BCUT2D eigenvalue weighted by atomic mass is 35.5. The van der Waals surface area contributed by atoms with Gasteiger partial charge in [-0.1, -0.05) is 0 Å². The standard InChI is InChI=1S/C12H18N2O4S.ClH/c1-12(2,13)8-14-19(15,16)9-3-4-10-11(7-9)18-6-5-17-10;/h3-4,7,14H,5-6,8,13H2,1-2H3;1H. The molecule has 0 saturated heterocycles. The Bertz CT molecular complexity index is 569. The molecule has 8 heteroatoms. The van der Waals surface area contributed by atoms with Crippen LogP contribution in [0.25, 0.3) is 0 Å². The lowest BCUT2D eigenvalue weighted by Crippen LogP contribution is -2.45. The first-order valence-electron chi connectivity index (χ1n) is 5.96. The van der Waals surface area contributed by atoms with Gasteiger partial charge in [0.05, 0.1) is 4.90 Å². The summed E-state index contributed by atoms with van der Waals surface area (Å²) in [6, 6.07) is 4.54. The third-order valence-corrected chi connectivity index (χ3v) is 3.94. The third-order valence-electron chi connectivity index (χ3n) is 2.54. The van der Waals surface area contributed by atoms with Crippen LogP contribution in [0.3, 0.4) is 0 Å². The molecule has 0 bridgehead atoms. The predicted octanol–water partition coefficient (Wildman–Crippen LogP) is 0.895. The van der Waals surface area contributed by atoms with Gasteiger partial charge in [-0.25, -0.2) is 13.1 Å². The Morgan fingerprint density at radius 3 is 2.45 bits per heavy atom. The molecule has 0 aromatic heterocycles. The first-order chi connectivity index (χ1) is 8.78. The van der Waals surface area contributed by atoms with Crippen molar-refractivity contribution in [2.75, 3.05) is 19.8 Å². The molecule has 20 heavy (non-hydrogen) atoms. The SMILES string of the molecule is CC(C)(N)CNS(=O)(=O)c1ccc2c(c1)OCCO2.Cl. The predicted molar refractivity (Wildman–Crippen MR) is 78.1 cm³/mol.